The highest BCUT2D eigenvalue weighted by molar-refractivity contribution is 6.27. The fourth-order valence-corrected chi connectivity index (χ4v) is 12.8. The van der Waals surface area contributed by atoms with E-state index in [1.807, 2.05) is 158 Å². The van der Waals surface area contributed by atoms with Crippen LogP contribution >= 0.6 is 0 Å². The van der Waals surface area contributed by atoms with Gasteiger partial charge in [-0.1, -0.05) is 158 Å². The van der Waals surface area contributed by atoms with Gasteiger partial charge >= 0.3 is 0 Å². The molecule has 14 aromatic rings. The number of allylic oxidation sites excluding steroid dienone is 1. The Labute approximate surface area is 552 Å². The fourth-order valence-electron chi connectivity index (χ4n) is 12.8. The van der Waals surface area contributed by atoms with E-state index in [4.69, 9.17) is 26.5 Å². The smallest absolute Gasteiger partial charge is 0.212 e. The molecule has 2 N–H and O–H groups in total. The van der Waals surface area contributed by atoms with Crippen LogP contribution in [0.5, 0.6) is 0 Å². The minimum atomic E-state index is -0.298. The number of amidine groups is 2. The van der Waals surface area contributed by atoms with Crippen LogP contribution in [0.3, 0.4) is 0 Å². The molecule has 0 spiro atoms. The Hall–Kier alpha value is -13.4. The molecule has 0 saturated carbocycles. The first-order valence-electron chi connectivity index (χ1n) is 31.2. The van der Waals surface area contributed by atoms with Crippen molar-refractivity contribution in [2.75, 3.05) is 20.4 Å². The summed E-state index contributed by atoms with van der Waals surface area (Å²) in [6, 6.07) is 96.2. The molecule has 0 amide bonds. The predicted molar refractivity (Wildman–Crippen MR) is 386 cm³/mol. The Morgan fingerprint density at radius 1 is 0.375 bits per heavy atom. The van der Waals surface area contributed by atoms with E-state index in [1.54, 1.807) is 24.3 Å². The number of hydrogen-bond acceptors (Lipinski definition) is 7. The average molecular weight is 1240 g/mol. The molecule has 12 heteroatoms. The summed E-state index contributed by atoms with van der Waals surface area (Å²) in [5.41, 5.74) is 18.3. The largest absolute Gasteiger partial charge is 0.339 e. The molecule has 2 aliphatic rings. The first-order chi connectivity index (χ1) is 47.2. The van der Waals surface area contributed by atoms with Gasteiger partial charge in [-0.3, -0.25) is 0 Å². The quantitative estimate of drug-likeness (QED) is 0.0634. The lowest BCUT2D eigenvalue weighted by Gasteiger charge is -2.26. The Kier molecular flexibility index (Phi) is 14.8. The van der Waals surface area contributed by atoms with Gasteiger partial charge in [0.2, 0.25) is 5.70 Å². The summed E-state index contributed by atoms with van der Waals surface area (Å²) in [5.74, 6) is 2.12. The lowest BCUT2D eigenvalue weighted by Crippen LogP contribution is -2.10. The zero-order valence-electron chi connectivity index (χ0n) is 51.2. The Morgan fingerprint density at radius 2 is 0.688 bits per heavy atom. The molecule has 0 saturated heterocycles. The maximum Gasteiger partial charge on any atom is 0.212 e. The zero-order chi connectivity index (χ0) is 64.6. The molecule has 0 unspecified atom stereocenters. The predicted octanol–water partition coefficient (Wildman–Crippen LogP) is 22.0. The van der Waals surface area contributed by atoms with Crippen LogP contribution < -0.4 is 20.4 Å². The number of aliphatic imine (C=N–C) groups is 2. The molecule has 10 nitrogen and oxygen atoms in total. The van der Waals surface area contributed by atoms with Gasteiger partial charge in [0.05, 0.1) is 18.2 Å². The zero-order valence-corrected chi connectivity index (χ0v) is 51.2. The van der Waals surface area contributed by atoms with Crippen LogP contribution in [0.1, 0.15) is 22.3 Å². The molecular weight excluding hydrogens is 1190 g/mol. The van der Waals surface area contributed by atoms with Crippen LogP contribution in [-0.2, 0) is 0 Å². The van der Waals surface area contributed by atoms with Crippen molar-refractivity contribution < 1.29 is 8.78 Å². The molecule has 0 aliphatic carbocycles. The van der Waals surface area contributed by atoms with E-state index in [0.29, 0.717) is 22.8 Å². The summed E-state index contributed by atoms with van der Waals surface area (Å²) >= 11 is 0. The van der Waals surface area contributed by atoms with E-state index in [2.05, 4.69) is 128 Å². The van der Waals surface area contributed by atoms with E-state index in [-0.39, 0.29) is 22.9 Å². The second-order valence-electron chi connectivity index (χ2n) is 23.3. The minimum Gasteiger partial charge on any atom is -0.339 e. The number of nitrogens with zero attached hydrogens (tertiary/aromatic N) is 8. The summed E-state index contributed by atoms with van der Waals surface area (Å²) in [6.45, 7) is 8.52. The number of anilines is 8. The molecule has 2 aromatic heterocycles. The van der Waals surface area contributed by atoms with E-state index in [1.165, 1.54) is 24.3 Å². The van der Waals surface area contributed by atoms with Gasteiger partial charge in [-0.2, -0.15) is 5.26 Å². The van der Waals surface area contributed by atoms with Gasteiger partial charge in [-0.15, -0.1) is 0 Å². The minimum absolute atomic E-state index is 0.210. The number of hydrogen-bond donors (Lipinski definition) is 2. The highest BCUT2D eigenvalue weighted by Gasteiger charge is 2.23. The van der Waals surface area contributed by atoms with Crippen molar-refractivity contribution in [1.29, 1.82) is 5.26 Å². The summed E-state index contributed by atoms with van der Waals surface area (Å²) in [5, 5.41) is 22.5. The van der Waals surface area contributed by atoms with E-state index in [9.17, 15) is 14.0 Å². The number of nitriles is 1. The monoisotopic (exact) mass is 1240 g/mol. The highest BCUT2D eigenvalue weighted by Crippen LogP contribution is 2.42. The molecule has 12 aromatic carbocycles. The third-order valence-electron chi connectivity index (χ3n) is 17.6. The summed E-state index contributed by atoms with van der Waals surface area (Å²) < 4.78 is 27.9. The van der Waals surface area contributed by atoms with Crippen molar-refractivity contribution in [3.05, 3.63) is 349 Å². The summed E-state index contributed by atoms with van der Waals surface area (Å²) in [7, 11) is 0. The number of benzene rings is 12. The third-order valence-corrected chi connectivity index (χ3v) is 17.6. The molecular formula is C84H52F2N10. The van der Waals surface area contributed by atoms with Crippen molar-refractivity contribution in [3.8, 4) is 50.6 Å². The average Bonchev–Trinajstić information content (AvgIpc) is 1.75. The van der Waals surface area contributed by atoms with Crippen molar-refractivity contribution >= 4 is 102 Å². The highest BCUT2D eigenvalue weighted by atomic mass is 19.1. The van der Waals surface area contributed by atoms with Gasteiger partial charge in [-0.05, 0) is 189 Å². The standard InChI is InChI=1S/C84H52F2N10/c1-88-82(62-28-46-72(47-29-62)96(68-38-20-56(21-39-68)54-16-34-66(86)35-17-54)70-42-24-58(25-43-70)64-31-49-79(90-52-64)94-84-74-11-3-7-61-9-5-13-77(92-84)81(61)74)75(50-87)59-26-44-71(45-27-59)95(67-36-18-55(19-37-67)53-14-32-65(85)33-15-53)69-40-22-57(23-41-69)63-30-48-78(89-51-63)93-83-73-10-2-6-60-8-4-12-76(91-83)80(60)73/h2-49,51-52H,(H,89,91,93)(H,90,92,94)/b82-75-. The number of pyridine rings is 2. The van der Waals surface area contributed by atoms with Gasteiger partial charge in [-0.25, -0.2) is 33.6 Å². The van der Waals surface area contributed by atoms with E-state index >= 15 is 0 Å². The van der Waals surface area contributed by atoms with Crippen molar-refractivity contribution in [3.63, 3.8) is 0 Å². The molecule has 452 valence electrons. The van der Waals surface area contributed by atoms with Gasteiger partial charge < -0.3 is 20.4 Å². The number of rotatable bonds is 14. The molecule has 0 fully saturated rings. The second kappa shape index (κ2) is 24.7. The molecule has 4 heterocycles. The second-order valence-corrected chi connectivity index (χ2v) is 23.3. The SMILES string of the molecule is [C-]#[N+]/C(=C(/C#N)c1ccc(N(c2ccc(-c3ccc(F)cc3)cc2)c2ccc(-c3ccc(N=C4Nc5cccc6cccc4c56)nc3)cc2)cc1)c1ccc(N(c2ccc(-c3ccc(F)cc3)cc2)c2ccc(-c3ccc(N=C4Nc5cccc6cccc4c56)nc3)cc2)cc1. The summed E-state index contributed by atoms with van der Waals surface area (Å²) in [4.78, 5) is 27.6. The molecule has 96 heavy (non-hydrogen) atoms. The van der Waals surface area contributed by atoms with Gasteiger partial charge in [0.1, 0.15) is 23.3 Å². The Balaban J connectivity index is 0.679. The molecule has 0 atom stereocenters. The first kappa shape index (κ1) is 57.7. The molecule has 0 radical (unpaired) electrons. The number of halogens is 2. The van der Waals surface area contributed by atoms with Gasteiger partial charge in [0.15, 0.2) is 11.6 Å². The van der Waals surface area contributed by atoms with Crippen LogP contribution in [0.2, 0.25) is 0 Å². The maximum absolute atomic E-state index is 14.0. The maximum atomic E-state index is 14.0. The topological polar surface area (TPSA) is 109 Å². The fraction of sp³-hybridized carbons (Fsp3) is 0. The third kappa shape index (κ3) is 11.1. The lowest BCUT2D eigenvalue weighted by molar-refractivity contribution is 0.627. The number of nitrogens with one attached hydrogen (secondary N) is 2. The van der Waals surface area contributed by atoms with E-state index in [0.717, 1.165) is 134 Å². The van der Waals surface area contributed by atoms with Gasteiger partial charge in [0.25, 0.3) is 0 Å². The Morgan fingerprint density at radius 3 is 1.02 bits per heavy atom. The van der Waals surface area contributed by atoms with Crippen LogP contribution in [0.15, 0.2) is 314 Å². The normalized spacial score (nSPS) is 13.0. The number of aromatic nitrogens is 2. The first-order valence-corrected chi connectivity index (χ1v) is 31.2. The van der Waals surface area contributed by atoms with Crippen molar-refractivity contribution in [1.82, 2.24) is 9.97 Å². The Bertz CT molecular complexity index is 5130. The van der Waals surface area contributed by atoms with Gasteiger partial charge in [0, 0.05) is 90.9 Å². The van der Waals surface area contributed by atoms with Crippen molar-refractivity contribution in [2.24, 2.45) is 9.98 Å². The summed E-state index contributed by atoms with van der Waals surface area (Å²) in [6.07, 6.45) is 3.68. The molecule has 16 rings (SSSR count). The van der Waals surface area contributed by atoms with Crippen LogP contribution in [0, 0.1) is 29.5 Å². The molecule has 2 aliphatic heterocycles. The molecule has 0 bridgehead atoms. The van der Waals surface area contributed by atoms with E-state index < -0.39 is 0 Å². The van der Waals surface area contributed by atoms with Crippen LogP contribution in [-0.4, -0.2) is 21.6 Å². The lowest BCUT2D eigenvalue weighted by atomic mass is 9.99. The van der Waals surface area contributed by atoms with Crippen LogP contribution in [0.25, 0.3) is 82.2 Å². The van der Waals surface area contributed by atoms with Crippen LogP contribution in [0.4, 0.5) is 65.9 Å². The van der Waals surface area contributed by atoms with Crippen molar-refractivity contribution in [2.45, 2.75) is 0 Å².